The van der Waals surface area contributed by atoms with Crippen molar-refractivity contribution in [1.29, 1.82) is 0 Å². The number of benzene rings is 2. The molecule has 0 aliphatic carbocycles. The second-order valence-electron chi connectivity index (χ2n) is 5.47. The molecule has 0 saturated heterocycles. The van der Waals surface area contributed by atoms with Crippen molar-refractivity contribution in [3.8, 4) is 5.75 Å². The molecular formula is C18H16ClN3O3. The third-order valence-electron chi connectivity index (χ3n) is 3.81. The van der Waals surface area contributed by atoms with Crippen molar-refractivity contribution in [3.63, 3.8) is 0 Å². The predicted molar refractivity (Wildman–Crippen MR) is 97.3 cm³/mol. The van der Waals surface area contributed by atoms with E-state index in [9.17, 15) is 9.59 Å². The Morgan fingerprint density at radius 2 is 1.92 bits per heavy atom. The van der Waals surface area contributed by atoms with E-state index in [4.69, 9.17) is 16.3 Å². The molecule has 1 aromatic heterocycles. The maximum absolute atomic E-state index is 12.5. The first-order chi connectivity index (χ1) is 12.0. The highest BCUT2D eigenvalue weighted by Crippen LogP contribution is 2.32. The summed E-state index contributed by atoms with van der Waals surface area (Å²) in [7, 11) is 3.05. The number of amides is 1. The Bertz CT molecular complexity index is 1010. The summed E-state index contributed by atoms with van der Waals surface area (Å²) in [4.78, 5) is 24.6. The number of carbonyl (C=O) groups is 1. The minimum absolute atomic E-state index is 0.0182. The highest BCUT2D eigenvalue weighted by molar-refractivity contribution is 6.32. The normalized spacial score (nSPS) is 10.7. The predicted octanol–water partition coefficient (Wildman–Crippen LogP) is 2.78. The lowest BCUT2D eigenvalue weighted by molar-refractivity contribution is -0.115. The molecule has 0 atom stereocenters. The minimum atomic E-state index is -0.281. The van der Waals surface area contributed by atoms with Crippen LogP contribution in [0.3, 0.4) is 0 Å². The second-order valence-corrected chi connectivity index (χ2v) is 5.87. The number of ether oxygens (including phenoxy) is 1. The van der Waals surface area contributed by atoms with Crippen LogP contribution in [0, 0.1) is 0 Å². The molecule has 0 fully saturated rings. The van der Waals surface area contributed by atoms with E-state index in [1.54, 1.807) is 43.4 Å². The molecule has 1 amide bonds. The van der Waals surface area contributed by atoms with E-state index < -0.39 is 0 Å². The average molecular weight is 358 g/mol. The SMILES string of the molecule is COc1c(Cl)cccc1NC(=O)Cc1nn(C)c(=O)c2ccccc12. The monoisotopic (exact) mass is 357 g/mol. The molecule has 0 aliphatic heterocycles. The zero-order valence-electron chi connectivity index (χ0n) is 13.7. The number of halogens is 1. The Morgan fingerprint density at radius 1 is 1.20 bits per heavy atom. The van der Waals surface area contributed by atoms with Gasteiger partial charge in [-0.3, -0.25) is 9.59 Å². The third kappa shape index (κ3) is 3.34. The van der Waals surface area contributed by atoms with E-state index in [0.29, 0.717) is 32.9 Å². The maximum atomic E-state index is 12.5. The smallest absolute Gasteiger partial charge is 0.274 e. The topological polar surface area (TPSA) is 73.2 Å². The number of hydrogen-bond donors (Lipinski definition) is 1. The number of fused-ring (bicyclic) bond motifs is 1. The minimum Gasteiger partial charge on any atom is -0.493 e. The number of aryl methyl sites for hydroxylation is 1. The molecule has 128 valence electrons. The van der Waals surface area contributed by atoms with Crippen molar-refractivity contribution in [2.24, 2.45) is 7.05 Å². The van der Waals surface area contributed by atoms with Crippen molar-refractivity contribution >= 4 is 34.0 Å². The standard InChI is InChI=1S/C18H16ClN3O3/c1-22-18(24)12-7-4-3-6-11(12)15(21-22)10-16(23)20-14-9-5-8-13(19)17(14)25-2/h3-9H,10H2,1-2H3,(H,20,23). The summed E-state index contributed by atoms with van der Waals surface area (Å²) in [6, 6.07) is 12.2. The van der Waals surface area contributed by atoms with Crippen LogP contribution in [0.1, 0.15) is 5.69 Å². The average Bonchev–Trinajstić information content (AvgIpc) is 2.59. The number of para-hydroxylation sites is 1. The fourth-order valence-corrected chi connectivity index (χ4v) is 2.92. The van der Waals surface area contributed by atoms with Gasteiger partial charge in [-0.2, -0.15) is 5.10 Å². The summed E-state index contributed by atoms with van der Waals surface area (Å²) < 4.78 is 6.47. The van der Waals surface area contributed by atoms with Crippen LogP contribution in [-0.4, -0.2) is 22.8 Å². The summed E-state index contributed by atoms with van der Waals surface area (Å²) in [5.41, 5.74) is 0.807. The first-order valence-electron chi connectivity index (χ1n) is 7.58. The van der Waals surface area contributed by atoms with Crippen LogP contribution >= 0.6 is 11.6 Å². The first kappa shape index (κ1) is 17.0. The van der Waals surface area contributed by atoms with Crippen molar-refractivity contribution < 1.29 is 9.53 Å². The van der Waals surface area contributed by atoms with Crippen LogP contribution in [0.15, 0.2) is 47.3 Å². The molecule has 0 aliphatic rings. The van der Waals surface area contributed by atoms with E-state index in [0.717, 1.165) is 0 Å². The Hall–Kier alpha value is -2.86. The van der Waals surface area contributed by atoms with Gasteiger partial charge in [-0.25, -0.2) is 4.68 Å². The van der Waals surface area contributed by atoms with Gasteiger partial charge in [-0.05, 0) is 18.2 Å². The second kappa shape index (κ2) is 6.94. The molecule has 0 radical (unpaired) electrons. The van der Waals surface area contributed by atoms with Crippen LogP contribution in [0.25, 0.3) is 10.8 Å². The molecule has 0 saturated carbocycles. The number of aromatic nitrogens is 2. The number of nitrogens with one attached hydrogen (secondary N) is 1. The molecule has 0 bridgehead atoms. The summed E-state index contributed by atoms with van der Waals surface area (Å²) in [5.74, 6) is 0.118. The lowest BCUT2D eigenvalue weighted by atomic mass is 10.1. The molecule has 2 aromatic carbocycles. The molecule has 6 nitrogen and oxygen atoms in total. The van der Waals surface area contributed by atoms with Gasteiger partial charge < -0.3 is 10.1 Å². The Labute approximate surface area is 149 Å². The molecule has 3 aromatic rings. The number of carbonyl (C=O) groups excluding carboxylic acids is 1. The van der Waals surface area contributed by atoms with E-state index >= 15 is 0 Å². The Balaban J connectivity index is 1.92. The number of rotatable bonds is 4. The van der Waals surface area contributed by atoms with Gasteiger partial charge in [0.25, 0.3) is 5.56 Å². The Morgan fingerprint density at radius 3 is 2.64 bits per heavy atom. The molecule has 0 spiro atoms. The van der Waals surface area contributed by atoms with Crippen LogP contribution in [-0.2, 0) is 18.3 Å². The molecule has 7 heteroatoms. The van der Waals surface area contributed by atoms with Crippen molar-refractivity contribution in [2.45, 2.75) is 6.42 Å². The van der Waals surface area contributed by atoms with Crippen LogP contribution in [0.4, 0.5) is 5.69 Å². The molecule has 25 heavy (non-hydrogen) atoms. The Kier molecular flexibility index (Phi) is 4.72. The fraction of sp³-hybridized carbons (Fsp3) is 0.167. The summed E-state index contributed by atoms with van der Waals surface area (Å²) in [6.07, 6.45) is 0.0182. The summed E-state index contributed by atoms with van der Waals surface area (Å²) in [5, 5.41) is 8.61. The number of hydrogen-bond acceptors (Lipinski definition) is 4. The van der Waals surface area contributed by atoms with E-state index in [2.05, 4.69) is 10.4 Å². The summed E-state index contributed by atoms with van der Waals surface area (Å²) >= 11 is 6.06. The van der Waals surface area contributed by atoms with E-state index in [1.165, 1.54) is 11.8 Å². The molecule has 1 heterocycles. The van der Waals surface area contributed by atoms with Gasteiger partial charge in [0, 0.05) is 12.4 Å². The molecule has 3 rings (SSSR count). The highest BCUT2D eigenvalue weighted by Gasteiger charge is 2.15. The summed E-state index contributed by atoms with van der Waals surface area (Å²) in [6.45, 7) is 0. The lowest BCUT2D eigenvalue weighted by Crippen LogP contribution is -2.24. The zero-order valence-corrected chi connectivity index (χ0v) is 14.5. The van der Waals surface area contributed by atoms with E-state index in [-0.39, 0.29) is 17.9 Å². The fourth-order valence-electron chi connectivity index (χ4n) is 2.67. The van der Waals surface area contributed by atoms with Gasteiger partial charge in [-0.15, -0.1) is 0 Å². The van der Waals surface area contributed by atoms with Gasteiger partial charge in [0.2, 0.25) is 5.91 Å². The number of nitrogens with zero attached hydrogens (tertiary/aromatic N) is 2. The lowest BCUT2D eigenvalue weighted by Gasteiger charge is -2.12. The molecule has 1 N–H and O–H groups in total. The van der Waals surface area contributed by atoms with Gasteiger partial charge in [0.15, 0.2) is 5.75 Å². The van der Waals surface area contributed by atoms with Crippen molar-refractivity contribution in [2.75, 3.05) is 12.4 Å². The zero-order chi connectivity index (χ0) is 18.0. The number of anilines is 1. The van der Waals surface area contributed by atoms with Gasteiger partial charge in [-0.1, -0.05) is 35.9 Å². The first-order valence-corrected chi connectivity index (χ1v) is 7.96. The number of methoxy groups -OCH3 is 1. The van der Waals surface area contributed by atoms with Crippen LogP contribution in [0.5, 0.6) is 5.75 Å². The molecular weight excluding hydrogens is 342 g/mol. The highest BCUT2D eigenvalue weighted by atomic mass is 35.5. The van der Waals surface area contributed by atoms with Gasteiger partial charge in [0.1, 0.15) is 0 Å². The quantitative estimate of drug-likeness (QED) is 0.779. The van der Waals surface area contributed by atoms with Gasteiger partial charge in [0.05, 0.1) is 35.3 Å². The van der Waals surface area contributed by atoms with Crippen molar-refractivity contribution in [3.05, 3.63) is 63.5 Å². The van der Waals surface area contributed by atoms with Crippen molar-refractivity contribution in [1.82, 2.24) is 9.78 Å². The molecule has 0 unspecified atom stereocenters. The van der Waals surface area contributed by atoms with E-state index in [1.807, 2.05) is 6.07 Å². The van der Waals surface area contributed by atoms with Gasteiger partial charge >= 0.3 is 0 Å². The largest absolute Gasteiger partial charge is 0.493 e. The third-order valence-corrected chi connectivity index (χ3v) is 4.10. The van der Waals surface area contributed by atoms with Crippen LogP contribution in [0.2, 0.25) is 5.02 Å². The maximum Gasteiger partial charge on any atom is 0.274 e. The van der Waals surface area contributed by atoms with Crippen LogP contribution < -0.4 is 15.6 Å².